The molecule has 1 aliphatic carbocycles. The van der Waals surface area contributed by atoms with Crippen LogP contribution in [0.4, 0.5) is 0 Å². The van der Waals surface area contributed by atoms with Crippen LogP contribution in [0.15, 0.2) is 0 Å². The van der Waals surface area contributed by atoms with Gasteiger partial charge in [-0.05, 0) is 12.8 Å². The standard InChI is InChI=1S/C7H10Cl2O/c1-2-3-6(10)5-4-7(5,8)9/h5H,2-4H2,1H3. The Bertz CT molecular complexity index is 154. The first-order chi connectivity index (χ1) is 4.58. The van der Waals surface area contributed by atoms with E-state index >= 15 is 0 Å². The summed E-state index contributed by atoms with van der Waals surface area (Å²) in [5.74, 6) is 0.142. The minimum Gasteiger partial charge on any atom is -0.299 e. The van der Waals surface area contributed by atoms with Crippen molar-refractivity contribution in [3.8, 4) is 0 Å². The van der Waals surface area contributed by atoms with Crippen LogP contribution in [0, 0.1) is 5.92 Å². The van der Waals surface area contributed by atoms with Gasteiger partial charge in [0.25, 0.3) is 0 Å². The quantitative estimate of drug-likeness (QED) is 0.611. The molecule has 0 aliphatic heterocycles. The Balaban J connectivity index is 2.33. The molecule has 3 heteroatoms. The van der Waals surface area contributed by atoms with E-state index in [1.165, 1.54) is 0 Å². The van der Waals surface area contributed by atoms with Crippen LogP contribution in [-0.2, 0) is 4.79 Å². The first kappa shape index (κ1) is 8.35. The summed E-state index contributed by atoms with van der Waals surface area (Å²) in [4.78, 5) is 11.1. The summed E-state index contributed by atoms with van der Waals surface area (Å²) in [6, 6.07) is 0. The maximum absolute atomic E-state index is 11.1. The van der Waals surface area contributed by atoms with Gasteiger partial charge in [-0.2, -0.15) is 0 Å². The average Bonchev–Trinajstić information content (AvgIpc) is 2.41. The Labute approximate surface area is 70.7 Å². The third-order valence-electron chi connectivity index (χ3n) is 1.71. The molecule has 1 saturated carbocycles. The van der Waals surface area contributed by atoms with Crippen molar-refractivity contribution in [3.05, 3.63) is 0 Å². The van der Waals surface area contributed by atoms with Gasteiger partial charge in [0.15, 0.2) is 0 Å². The van der Waals surface area contributed by atoms with E-state index in [1.54, 1.807) is 0 Å². The van der Waals surface area contributed by atoms with Gasteiger partial charge in [-0.3, -0.25) is 4.79 Å². The molecule has 10 heavy (non-hydrogen) atoms. The molecule has 0 aromatic rings. The SMILES string of the molecule is CCCC(=O)C1CC1(Cl)Cl. The van der Waals surface area contributed by atoms with Gasteiger partial charge in [0.05, 0.1) is 5.92 Å². The van der Waals surface area contributed by atoms with Gasteiger partial charge in [-0.1, -0.05) is 6.92 Å². The highest BCUT2D eigenvalue weighted by molar-refractivity contribution is 6.52. The van der Waals surface area contributed by atoms with Gasteiger partial charge in [0.2, 0.25) is 0 Å². The summed E-state index contributed by atoms with van der Waals surface area (Å²) in [7, 11) is 0. The van der Waals surface area contributed by atoms with Gasteiger partial charge >= 0.3 is 0 Å². The van der Waals surface area contributed by atoms with E-state index in [0.717, 1.165) is 6.42 Å². The van der Waals surface area contributed by atoms with Crippen LogP contribution >= 0.6 is 23.2 Å². The number of halogens is 2. The van der Waals surface area contributed by atoms with Crippen LogP contribution in [0.2, 0.25) is 0 Å². The number of rotatable bonds is 3. The summed E-state index contributed by atoms with van der Waals surface area (Å²) < 4.78 is -0.716. The van der Waals surface area contributed by atoms with Crippen molar-refractivity contribution >= 4 is 29.0 Å². The minimum atomic E-state index is -0.716. The molecule has 1 rings (SSSR count). The molecule has 0 aromatic heterocycles. The summed E-state index contributed by atoms with van der Waals surface area (Å²) >= 11 is 11.4. The van der Waals surface area contributed by atoms with Crippen LogP contribution in [0.3, 0.4) is 0 Å². The normalized spacial score (nSPS) is 28.1. The van der Waals surface area contributed by atoms with E-state index in [-0.39, 0.29) is 11.7 Å². The fourth-order valence-electron chi connectivity index (χ4n) is 0.983. The molecule has 1 unspecified atom stereocenters. The largest absolute Gasteiger partial charge is 0.299 e. The number of ketones is 1. The molecule has 0 bridgehead atoms. The van der Waals surface area contributed by atoms with E-state index < -0.39 is 4.33 Å². The molecule has 0 aromatic carbocycles. The molecular weight excluding hydrogens is 171 g/mol. The summed E-state index contributed by atoms with van der Waals surface area (Å²) in [5, 5.41) is 0. The second-order valence-electron chi connectivity index (χ2n) is 2.73. The highest BCUT2D eigenvalue weighted by atomic mass is 35.5. The van der Waals surface area contributed by atoms with Crippen LogP contribution in [-0.4, -0.2) is 10.1 Å². The van der Waals surface area contributed by atoms with Gasteiger partial charge in [-0.15, -0.1) is 23.2 Å². The van der Waals surface area contributed by atoms with Crippen LogP contribution in [0.1, 0.15) is 26.2 Å². The predicted molar refractivity (Wildman–Crippen MR) is 42.5 cm³/mol. The molecule has 0 heterocycles. The molecule has 58 valence electrons. The molecule has 1 aliphatic rings. The fraction of sp³-hybridized carbons (Fsp3) is 0.857. The Morgan fingerprint density at radius 2 is 2.20 bits per heavy atom. The van der Waals surface area contributed by atoms with Crippen LogP contribution in [0.25, 0.3) is 0 Å². The van der Waals surface area contributed by atoms with Crippen molar-refractivity contribution < 1.29 is 4.79 Å². The van der Waals surface area contributed by atoms with Crippen molar-refractivity contribution in [1.29, 1.82) is 0 Å². The third-order valence-corrected chi connectivity index (χ3v) is 2.55. The zero-order chi connectivity index (χ0) is 7.78. The number of alkyl halides is 2. The van der Waals surface area contributed by atoms with Crippen molar-refractivity contribution in [2.75, 3.05) is 0 Å². The molecule has 1 nitrogen and oxygen atoms in total. The predicted octanol–water partition coefficient (Wildman–Crippen LogP) is 2.55. The lowest BCUT2D eigenvalue weighted by molar-refractivity contribution is -0.120. The summed E-state index contributed by atoms with van der Waals surface area (Å²) in [5.41, 5.74) is 0. The van der Waals surface area contributed by atoms with E-state index in [9.17, 15) is 4.79 Å². The van der Waals surface area contributed by atoms with Crippen LogP contribution in [0.5, 0.6) is 0 Å². The van der Waals surface area contributed by atoms with Gasteiger partial charge in [0, 0.05) is 6.42 Å². The second kappa shape index (κ2) is 2.71. The van der Waals surface area contributed by atoms with Gasteiger partial charge in [-0.25, -0.2) is 0 Å². The van der Waals surface area contributed by atoms with Gasteiger partial charge in [0.1, 0.15) is 10.1 Å². The van der Waals surface area contributed by atoms with Crippen LogP contribution < -0.4 is 0 Å². The summed E-state index contributed by atoms with van der Waals surface area (Å²) in [6.07, 6.45) is 2.15. The van der Waals surface area contributed by atoms with E-state index in [0.29, 0.717) is 12.8 Å². The lowest BCUT2D eigenvalue weighted by Gasteiger charge is -1.95. The smallest absolute Gasteiger partial charge is 0.139 e. The fourth-order valence-corrected chi connectivity index (χ4v) is 1.54. The van der Waals surface area contributed by atoms with Crippen molar-refractivity contribution in [3.63, 3.8) is 0 Å². The molecule has 0 amide bonds. The maximum atomic E-state index is 11.1. The first-order valence-electron chi connectivity index (χ1n) is 3.48. The molecule has 0 spiro atoms. The number of carbonyl (C=O) groups excluding carboxylic acids is 1. The molecule has 1 fully saturated rings. The van der Waals surface area contributed by atoms with E-state index in [1.807, 2.05) is 6.92 Å². The Morgan fingerprint density at radius 3 is 2.50 bits per heavy atom. The monoisotopic (exact) mass is 180 g/mol. The second-order valence-corrected chi connectivity index (χ2v) is 4.28. The minimum absolute atomic E-state index is 0.0733. The number of Topliss-reactive ketones (excluding diaryl/α,β-unsaturated/α-hetero) is 1. The zero-order valence-corrected chi connectivity index (χ0v) is 7.37. The first-order valence-corrected chi connectivity index (χ1v) is 4.24. The lowest BCUT2D eigenvalue weighted by Crippen LogP contribution is -2.04. The molecule has 0 N–H and O–H groups in total. The van der Waals surface area contributed by atoms with E-state index in [2.05, 4.69) is 0 Å². The molecule has 0 radical (unpaired) electrons. The number of hydrogen-bond acceptors (Lipinski definition) is 1. The Kier molecular flexibility index (Phi) is 2.26. The van der Waals surface area contributed by atoms with Crippen molar-refractivity contribution in [2.24, 2.45) is 5.92 Å². The number of hydrogen-bond donors (Lipinski definition) is 0. The highest BCUT2D eigenvalue weighted by Crippen LogP contribution is 2.53. The molecule has 1 atom stereocenters. The van der Waals surface area contributed by atoms with Crippen molar-refractivity contribution in [2.45, 2.75) is 30.5 Å². The average molecular weight is 181 g/mol. The van der Waals surface area contributed by atoms with E-state index in [4.69, 9.17) is 23.2 Å². The Hall–Kier alpha value is 0.250. The topological polar surface area (TPSA) is 17.1 Å². The van der Waals surface area contributed by atoms with Crippen molar-refractivity contribution in [1.82, 2.24) is 0 Å². The lowest BCUT2D eigenvalue weighted by atomic mass is 10.2. The number of carbonyl (C=O) groups is 1. The van der Waals surface area contributed by atoms with Gasteiger partial charge < -0.3 is 0 Å². The zero-order valence-electron chi connectivity index (χ0n) is 5.86. The molecular formula is C7H10Cl2O. The summed E-state index contributed by atoms with van der Waals surface area (Å²) in [6.45, 7) is 1.98. The maximum Gasteiger partial charge on any atom is 0.139 e. The Morgan fingerprint density at radius 1 is 1.70 bits per heavy atom. The highest BCUT2D eigenvalue weighted by Gasteiger charge is 2.55. The molecule has 0 saturated heterocycles. The third kappa shape index (κ3) is 1.64.